The van der Waals surface area contributed by atoms with Crippen LogP contribution < -0.4 is 16.0 Å². The molecule has 0 radical (unpaired) electrons. The van der Waals surface area contributed by atoms with Gasteiger partial charge in [-0.1, -0.05) is 6.08 Å². The van der Waals surface area contributed by atoms with E-state index in [1.54, 1.807) is 6.08 Å². The molecule has 0 unspecified atom stereocenters. The Bertz CT molecular complexity index is 1580. The number of esters is 1. The SMILES string of the molecule is C[C@@H]1NC(=O)[C@H](C)N(C)C(=O)[C@@H]2CCCN2C(=O)[C@@H](NC(=O)[C@H](Cc2cc(F)cc(F)c2)NC(=O)C=CC2CC2)COC(=O)[C@@H]2CCCN2C1=O. The van der Waals surface area contributed by atoms with Crippen LogP contribution in [0.25, 0.3) is 0 Å². The first-order chi connectivity index (χ1) is 24.2. The number of nitrogens with zero attached hydrogens (tertiary/aromatic N) is 3. The average molecular weight is 715 g/mol. The van der Waals surface area contributed by atoms with Gasteiger partial charge in [0.15, 0.2) is 0 Å². The van der Waals surface area contributed by atoms with E-state index in [9.17, 15) is 42.3 Å². The van der Waals surface area contributed by atoms with Gasteiger partial charge in [0, 0.05) is 32.6 Å². The third kappa shape index (κ3) is 9.08. The van der Waals surface area contributed by atoms with Crippen molar-refractivity contribution in [2.45, 2.75) is 95.0 Å². The van der Waals surface area contributed by atoms with Gasteiger partial charge in [-0.05, 0) is 82.1 Å². The monoisotopic (exact) mass is 714 g/mol. The minimum Gasteiger partial charge on any atom is -0.461 e. The third-order valence-corrected chi connectivity index (χ3v) is 9.81. The van der Waals surface area contributed by atoms with Crippen LogP contribution in [0.2, 0.25) is 0 Å². The molecule has 5 rings (SSSR count). The molecule has 51 heavy (non-hydrogen) atoms. The zero-order chi connectivity index (χ0) is 37.0. The van der Waals surface area contributed by atoms with Crippen LogP contribution >= 0.6 is 0 Å². The van der Waals surface area contributed by atoms with Crippen LogP contribution in [-0.2, 0) is 44.7 Å². The number of ether oxygens (including phenoxy) is 1. The maximum absolute atomic E-state index is 14.2. The first-order valence-electron chi connectivity index (χ1n) is 17.3. The van der Waals surface area contributed by atoms with Gasteiger partial charge in [0.05, 0.1) is 0 Å². The van der Waals surface area contributed by atoms with Gasteiger partial charge in [-0.15, -0.1) is 0 Å². The predicted molar refractivity (Wildman–Crippen MR) is 176 cm³/mol. The number of rotatable bonds is 7. The summed E-state index contributed by atoms with van der Waals surface area (Å²) in [5.74, 6) is -6.34. The van der Waals surface area contributed by atoms with E-state index in [1.165, 1.54) is 41.7 Å². The number of allylic oxidation sites excluding steroid dienone is 1. The van der Waals surface area contributed by atoms with Gasteiger partial charge in [-0.25, -0.2) is 13.6 Å². The highest BCUT2D eigenvalue weighted by molar-refractivity contribution is 5.98. The molecule has 6 atom stereocenters. The zero-order valence-electron chi connectivity index (χ0n) is 28.9. The molecule has 0 aromatic heterocycles. The number of halogens is 2. The van der Waals surface area contributed by atoms with E-state index in [-0.39, 0.29) is 43.8 Å². The fourth-order valence-corrected chi connectivity index (χ4v) is 6.62. The molecule has 1 aromatic carbocycles. The largest absolute Gasteiger partial charge is 0.461 e. The van der Waals surface area contributed by atoms with E-state index in [1.807, 2.05) is 0 Å². The Hall–Kier alpha value is -4.89. The van der Waals surface area contributed by atoms with Gasteiger partial charge in [0.25, 0.3) is 0 Å². The maximum atomic E-state index is 14.2. The quantitative estimate of drug-likeness (QED) is 0.268. The van der Waals surface area contributed by atoms with Crippen LogP contribution in [0.5, 0.6) is 0 Å². The first kappa shape index (κ1) is 37.4. The summed E-state index contributed by atoms with van der Waals surface area (Å²) in [5.41, 5.74) is 0.0569. The third-order valence-electron chi connectivity index (χ3n) is 9.81. The summed E-state index contributed by atoms with van der Waals surface area (Å²) in [6.07, 6.45) is 5.90. The van der Waals surface area contributed by atoms with Crippen LogP contribution in [0.3, 0.4) is 0 Å². The first-order valence-corrected chi connectivity index (χ1v) is 17.3. The number of nitrogens with one attached hydrogen (secondary N) is 3. The molecule has 14 nitrogen and oxygen atoms in total. The molecule has 16 heteroatoms. The van der Waals surface area contributed by atoms with E-state index in [4.69, 9.17) is 4.74 Å². The summed E-state index contributed by atoms with van der Waals surface area (Å²) in [5, 5.41) is 7.72. The van der Waals surface area contributed by atoms with Gasteiger partial charge in [-0.3, -0.25) is 28.8 Å². The predicted octanol–water partition coefficient (Wildman–Crippen LogP) is 0.334. The van der Waals surface area contributed by atoms with Crippen LogP contribution in [0, 0.1) is 17.6 Å². The van der Waals surface area contributed by atoms with Crippen LogP contribution in [0.4, 0.5) is 8.78 Å². The van der Waals surface area contributed by atoms with Crippen molar-refractivity contribution < 1.29 is 47.1 Å². The fourth-order valence-electron chi connectivity index (χ4n) is 6.62. The molecule has 3 N–H and O–H groups in total. The van der Waals surface area contributed by atoms with Gasteiger partial charge in [-0.2, -0.15) is 0 Å². The van der Waals surface area contributed by atoms with Crippen molar-refractivity contribution in [1.29, 1.82) is 0 Å². The fraction of sp³-hybridized carbons (Fsp3) is 0.571. The number of amides is 6. The number of fused-ring (bicyclic) bond motifs is 2. The van der Waals surface area contributed by atoms with Gasteiger partial charge >= 0.3 is 5.97 Å². The summed E-state index contributed by atoms with van der Waals surface area (Å²) < 4.78 is 33.7. The molecule has 3 saturated heterocycles. The highest BCUT2D eigenvalue weighted by Crippen LogP contribution is 2.30. The number of hydrogen-bond acceptors (Lipinski definition) is 8. The summed E-state index contributed by atoms with van der Waals surface area (Å²) in [7, 11) is 1.42. The summed E-state index contributed by atoms with van der Waals surface area (Å²) in [6.45, 7) is 2.65. The molecule has 0 bridgehead atoms. The van der Waals surface area contributed by atoms with Gasteiger partial charge in [0.1, 0.15) is 54.5 Å². The Morgan fingerprint density at radius 1 is 0.922 bits per heavy atom. The number of benzene rings is 1. The number of hydrogen-bond donors (Lipinski definition) is 3. The number of likely N-dealkylation sites (N-methyl/N-ethyl adjacent to an activating group) is 1. The number of carbonyl (C=O) groups excluding carboxylic acids is 7. The summed E-state index contributed by atoms with van der Waals surface area (Å²) in [6, 6.07) is -4.32. The minimum atomic E-state index is -1.55. The van der Waals surface area contributed by atoms with Crippen LogP contribution in [-0.4, -0.2) is 119 Å². The highest BCUT2D eigenvalue weighted by Gasteiger charge is 2.43. The van der Waals surface area contributed by atoms with Crippen LogP contribution in [0.15, 0.2) is 30.4 Å². The second-order valence-corrected chi connectivity index (χ2v) is 13.7. The van der Waals surface area contributed by atoms with Crippen molar-refractivity contribution in [2.75, 3.05) is 26.7 Å². The molecular weight excluding hydrogens is 670 g/mol. The van der Waals surface area contributed by atoms with E-state index < -0.39 is 95.9 Å². The molecule has 4 aliphatic rings. The Kier molecular flexibility index (Phi) is 11.7. The highest BCUT2D eigenvalue weighted by atomic mass is 19.1. The molecule has 4 fully saturated rings. The Labute approximate surface area is 294 Å². The summed E-state index contributed by atoms with van der Waals surface area (Å²) >= 11 is 0. The van der Waals surface area contributed by atoms with E-state index >= 15 is 0 Å². The van der Waals surface area contributed by atoms with Gasteiger partial charge < -0.3 is 35.4 Å². The summed E-state index contributed by atoms with van der Waals surface area (Å²) in [4.78, 5) is 98.2. The number of carbonyl (C=O) groups is 7. The van der Waals surface area contributed by atoms with Crippen molar-refractivity contribution >= 4 is 41.4 Å². The average Bonchev–Trinajstić information content (AvgIpc) is 3.55. The van der Waals surface area contributed by atoms with Crippen molar-refractivity contribution in [2.24, 2.45) is 5.92 Å². The normalized spacial score (nSPS) is 27.2. The lowest BCUT2D eigenvalue weighted by molar-refractivity contribution is -0.158. The maximum Gasteiger partial charge on any atom is 0.328 e. The Balaban J connectivity index is 1.44. The van der Waals surface area contributed by atoms with Crippen molar-refractivity contribution in [3.63, 3.8) is 0 Å². The van der Waals surface area contributed by atoms with Crippen molar-refractivity contribution in [1.82, 2.24) is 30.7 Å². The second kappa shape index (κ2) is 16.0. The lowest BCUT2D eigenvalue weighted by Crippen LogP contribution is -2.60. The molecular formula is C35H44F2N6O8. The van der Waals surface area contributed by atoms with E-state index in [2.05, 4.69) is 16.0 Å². The Morgan fingerprint density at radius 3 is 2.20 bits per heavy atom. The molecule has 0 spiro atoms. The lowest BCUT2D eigenvalue weighted by atomic mass is 10.0. The minimum absolute atomic E-state index is 0.0569. The molecule has 3 aliphatic heterocycles. The smallest absolute Gasteiger partial charge is 0.328 e. The Morgan fingerprint density at radius 2 is 1.55 bits per heavy atom. The van der Waals surface area contributed by atoms with Crippen LogP contribution in [0.1, 0.15) is 57.9 Å². The van der Waals surface area contributed by atoms with Crippen molar-refractivity contribution in [3.05, 3.63) is 47.5 Å². The molecule has 3 heterocycles. The molecule has 6 amide bonds. The topological polar surface area (TPSA) is 175 Å². The molecule has 1 aliphatic carbocycles. The lowest BCUT2D eigenvalue weighted by Gasteiger charge is -2.34. The second-order valence-electron chi connectivity index (χ2n) is 13.7. The van der Waals surface area contributed by atoms with E-state index in [0.29, 0.717) is 18.9 Å². The van der Waals surface area contributed by atoms with Gasteiger partial charge in [0.2, 0.25) is 35.4 Å². The molecule has 1 aromatic rings. The zero-order valence-corrected chi connectivity index (χ0v) is 28.9. The van der Waals surface area contributed by atoms with E-state index in [0.717, 1.165) is 25.0 Å². The number of cyclic esters (lactones) is 1. The standard InChI is InChI=1S/C35H44F2N6O8/c1-19-32(47)43-13-5-7-28(43)35(50)51-18-26(33(48)42-12-4-6-27(42)34(49)41(3)20(2)30(45)38-19)40-31(46)25(39-29(44)11-10-21-8-9-21)16-22-14-23(36)17-24(37)15-22/h10-11,14-15,17,19-21,25-28H,4-9,12-13,16,18H2,1-3H3,(H,38,45)(H,39,44)(H,40,46)/t19-,20-,25-,26-,27-,28-/m0/s1. The molecule has 1 saturated carbocycles. The molecule has 276 valence electrons. The van der Waals surface area contributed by atoms with Crippen molar-refractivity contribution in [3.8, 4) is 0 Å².